The van der Waals surface area contributed by atoms with Gasteiger partial charge in [0.05, 0.1) is 6.61 Å². The van der Waals surface area contributed by atoms with Gasteiger partial charge in [-0.3, -0.25) is 4.79 Å². The lowest BCUT2D eigenvalue weighted by atomic mass is 10.2. The number of fused-ring (bicyclic) bond motifs is 1. The molecular weight excluding hydrogens is 368 g/mol. The molecular formula is C18H36O6Si2. The van der Waals surface area contributed by atoms with Gasteiger partial charge >= 0.3 is 17.1 Å². The molecule has 0 aromatic rings. The maximum Gasteiger partial charge on any atom is 0.335 e. The lowest BCUT2D eigenvalue weighted by Gasteiger charge is -2.50. The Morgan fingerprint density at radius 3 is 1.85 bits per heavy atom. The molecule has 152 valence electrons. The van der Waals surface area contributed by atoms with E-state index in [9.17, 15) is 4.79 Å². The van der Waals surface area contributed by atoms with Crippen molar-refractivity contribution >= 4 is 22.9 Å². The summed E-state index contributed by atoms with van der Waals surface area (Å²) in [5.41, 5.74) is 0.900. The molecule has 2 aliphatic rings. The van der Waals surface area contributed by atoms with Gasteiger partial charge in [-0.25, -0.2) is 0 Å². The van der Waals surface area contributed by atoms with Gasteiger partial charge < -0.3 is 22.4 Å². The first-order valence-corrected chi connectivity index (χ1v) is 13.7. The molecule has 0 radical (unpaired) electrons. The average Bonchev–Trinajstić information content (AvgIpc) is 2.81. The van der Waals surface area contributed by atoms with E-state index < -0.39 is 35.6 Å². The van der Waals surface area contributed by atoms with Crippen LogP contribution in [0.1, 0.15) is 55.4 Å². The Hall–Kier alpha value is -0.0962. The summed E-state index contributed by atoms with van der Waals surface area (Å²) in [5.74, 6) is -0.161. The molecule has 0 saturated carbocycles. The van der Waals surface area contributed by atoms with Gasteiger partial charge in [0.2, 0.25) is 12.1 Å². The highest BCUT2D eigenvalue weighted by molar-refractivity contribution is 6.84. The molecule has 0 aromatic carbocycles. The van der Waals surface area contributed by atoms with Crippen LogP contribution in [0.15, 0.2) is 0 Å². The van der Waals surface area contributed by atoms with Crippen LogP contribution in [0.2, 0.25) is 22.2 Å². The summed E-state index contributed by atoms with van der Waals surface area (Å²) in [6, 6.07) is 0. The number of Topliss-reactive ketones (excluding diaryl/α,β-unsaturated/α-hetero) is 1. The number of carbonyl (C=O) groups excluding carboxylic acids is 1. The van der Waals surface area contributed by atoms with Crippen LogP contribution in [0, 0.1) is 0 Å². The van der Waals surface area contributed by atoms with E-state index in [1.165, 1.54) is 7.11 Å². The number of carbonyl (C=O) groups is 1. The molecule has 0 spiro atoms. The summed E-state index contributed by atoms with van der Waals surface area (Å²) in [6.45, 7) is 17.5. The maximum absolute atomic E-state index is 12.7. The Bertz CT molecular complexity index is 492. The van der Waals surface area contributed by atoms with Gasteiger partial charge in [-0.1, -0.05) is 55.4 Å². The van der Waals surface area contributed by atoms with Gasteiger partial charge in [0.15, 0.2) is 0 Å². The van der Waals surface area contributed by atoms with Crippen LogP contribution < -0.4 is 0 Å². The smallest absolute Gasteiger partial charge is 0.335 e. The van der Waals surface area contributed by atoms with E-state index in [4.69, 9.17) is 22.4 Å². The fourth-order valence-corrected chi connectivity index (χ4v) is 15.3. The first kappa shape index (κ1) is 22.2. The fraction of sp³-hybridized carbons (Fsp3) is 0.944. The number of rotatable bonds is 5. The molecule has 2 rings (SSSR count). The van der Waals surface area contributed by atoms with Gasteiger partial charge in [-0.05, 0) is 22.2 Å². The second kappa shape index (κ2) is 8.10. The second-order valence-electron chi connectivity index (χ2n) is 8.66. The third-order valence-corrected chi connectivity index (χ3v) is 15.9. The molecule has 26 heavy (non-hydrogen) atoms. The molecule has 0 bridgehead atoms. The molecule has 0 amide bonds. The minimum Gasteiger partial charge on any atom is -0.414 e. The van der Waals surface area contributed by atoms with E-state index in [-0.39, 0.29) is 27.9 Å². The SMILES string of the molecule is CO[C@@H]1O[C@H]2CO[Si](C(C)C)(C(C)C)O[Si](C(C)C)(C(C)C)O[C@@H]2C1=O. The first-order chi connectivity index (χ1) is 12.0. The lowest BCUT2D eigenvalue weighted by molar-refractivity contribution is -0.152. The highest BCUT2D eigenvalue weighted by atomic mass is 28.5. The van der Waals surface area contributed by atoms with Gasteiger partial charge in [-0.15, -0.1) is 0 Å². The number of ether oxygens (including phenoxy) is 2. The van der Waals surface area contributed by atoms with Crippen LogP contribution in [0.4, 0.5) is 0 Å². The number of hydrogen-bond donors (Lipinski definition) is 0. The normalized spacial score (nSPS) is 31.6. The summed E-state index contributed by atoms with van der Waals surface area (Å²) in [6.07, 6.45) is -2.00. The number of hydrogen-bond acceptors (Lipinski definition) is 6. The zero-order valence-electron chi connectivity index (χ0n) is 17.7. The van der Waals surface area contributed by atoms with E-state index in [1.807, 2.05) is 0 Å². The van der Waals surface area contributed by atoms with Crippen molar-refractivity contribution in [1.82, 2.24) is 0 Å². The van der Waals surface area contributed by atoms with Crippen LogP contribution in [-0.4, -0.2) is 55.1 Å². The monoisotopic (exact) mass is 404 g/mol. The Kier molecular flexibility index (Phi) is 6.92. The Balaban J connectivity index is 2.54. The molecule has 0 unspecified atom stereocenters. The second-order valence-corrected chi connectivity index (χ2v) is 17.5. The minimum absolute atomic E-state index is 0.161. The van der Waals surface area contributed by atoms with Crippen LogP contribution in [0.5, 0.6) is 0 Å². The van der Waals surface area contributed by atoms with Crippen molar-refractivity contribution in [3.8, 4) is 0 Å². The number of methoxy groups -OCH3 is 1. The van der Waals surface area contributed by atoms with Gasteiger partial charge in [-0.2, -0.15) is 0 Å². The third-order valence-electron chi connectivity index (χ3n) is 5.69. The van der Waals surface area contributed by atoms with Crippen LogP contribution in [-0.2, 0) is 27.2 Å². The quantitative estimate of drug-likeness (QED) is 0.648. The van der Waals surface area contributed by atoms with Crippen molar-refractivity contribution in [2.75, 3.05) is 13.7 Å². The molecule has 0 aromatic heterocycles. The predicted molar refractivity (Wildman–Crippen MR) is 104 cm³/mol. The Morgan fingerprint density at radius 2 is 1.42 bits per heavy atom. The lowest BCUT2D eigenvalue weighted by Crippen LogP contribution is -2.65. The summed E-state index contributed by atoms with van der Waals surface area (Å²) in [7, 11) is -3.88. The molecule has 8 heteroatoms. The molecule has 2 saturated heterocycles. The fourth-order valence-electron chi connectivity index (χ4n) is 4.17. The molecule has 2 aliphatic heterocycles. The average molecular weight is 405 g/mol. The molecule has 6 nitrogen and oxygen atoms in total. The largest absolute Gasteiger partial charge is 0.414 e. The number of ketones is 1. The van der Waals surface area contributed by atoms with E-state index in [2.05, 4.69) is 55.4 Å². The zero-order valence-corrected chi connectivity index (χ0v) is 19.7. The van der Waals surface area contributed by atoms with E-state index >= 15 is 0 Å². The topological polar surface area (TPSA) is 63.2 Å². The van der Waals surface area contributed by atoms with Crippen LogP contribution in [0.3, 0.4) is 0 Å². The summed E-state index contributed by atoms with van der Waals surface area (Å²) in [4.78, 5) is 12.7. The van der Waals surface area contributed by atoms with E-state index in [0.29, 0.717) is 6.61 Å². The van der Waals surface area contributed by atoms with Gasteiger partial charge in [0.1, 0.15) is 12.2 Å². The summed E-state index contributed by atoms with van der Waals surface area (Å²) in [5, 5.41) is 0. The molecule has 3 atom stereocenters. The van der Waals surface area contributed by atoms with Crippen molar-refractivity contribution in [3.05, 3.63) is 0 Å². The van der Waals surface area contributed by atoms with Crippen molar-refractivity contribution < 1.29 is 27.2 Å². The highest BCUT2D eigenvalue weighted by Crippen LogP contribution is 2.46. The highest BCUT2D eigenvalue weighted by Gasteiger charge is 2.61. The third kappa shape index (κ3) is 3.61. The molecule has 2 fully saturated rings. The minimum atomic E-state index is -2.77. The van der Waals surface area contributed by atoms with E-state index in [1.54, 1.807) is 0 Å². The standard InChI is InChI=1S/C18H36O6Si2/c1-11(2)25(12(3)4)21-10-15-17(16(19)18(20-9)22-15)23-26(24-25,13(5)6)14(7)8/h11-15,17-18H,10H2,1-9H3/t15-,17-,18+/m0/s1. The van der Waals surface area contributed by atoms with E-state index in [0.717, 1.165) is 0 Å². The molecule has 2 heterocycles. The molecule has 0 aliphatic carbocycles. The zero-order chi connectivity index (χ0) is 19.9. The Morgan fingerprint density at radius 1 is 0.923 bits per heavy atom. The van der Waals surface area contributed by atoms with Crippen molar-refractivity contribution in [1.29, 1.82) is 0 Å². The van der Waals surface area contributed by atoms with Crippen LogP contribution >= 0.6 is 0 Å². The Labute approximate surface area is 160 Å². The van der Waals surface area contributed by atoms with Gasteiger partial charge in [0, 0.05) is 7.11 Å². The van der Waals surface area contributed by atoms with Crippen molar-refractivity contribution in [2.24, 2.45) is 0 Å². The maximum atomic E-state index is 12.7. The first-order valence-electron chi connectivity index (χ1n) is 9.75. The van der Waals surface area contributed by atoms with Gasteiger partial charge in [0.25, 0.3) is 0 Å². The predicted octanol–water partition coefficient (Wildman–Crippen LogP) is 3.88. The van der Waals surface area contributed by atoms with Crippen molar-refractivity contribution in [2.45, 2.75) is 96.1 Å². The van der Waals surface area contributed by atoms with Crippen LogP contribution in [0.25, 0.3) is 0 Å². The summed E-state index contributed by atoms with van der Waals surface area (Å²) >= 11 is 0. The van der Waals surface area contributed by atoms with Crippen molar-refractivity contribution in [3.63, 3.8) is 0 Å². The summed E-state index contributed by atoms with van der Waals surface area (Å²) < 4.78 is 31.3. The molecule has 0 N–H and O–H groups in total.